The van der Waals surface area contributed by atoms with Gasteiger partial charge in [-0.3, -0.25) is 20.0 Å². The molecule has 0 saturated carbocycles. The minimum atomic E-state index is -0.372. The Bertz CT molecular complexity index is 865. The van der Waals surface area contributed by atoms with Crippen molar-refractivity contribution in [3.8, 4) is 11.3 Å². The van der Waals surface area contributed by atoms with Crippen molar-refractivity contribution in [3.05, 3.63) is 63.1 Å². The number of pyridine rings is 1. The first-order chi connectivity index (χ1) is 10.6. The first-order valence-electron chi connectivity index (χ1n) is 6.22. The summed E-state index contributed by atoms with van der Waals surface area (Å²) >= 11 is 11.8. The minimum absolute atomic E-state index is 0.169. The summed E-state index contributed by atoms with van der Waals surface area (Å²) in [7, 11) is 0. The van der Waals surface area contributed by atoms with E-state index in [4.69, 9.17) is 23.2 Å². The molecule has 0 radical (unpaired) electrons. The third-order valence-electron chi connectivity index (χ3n) is 2.83. The van der Waals surface area contributed by atoms with Crippen LogP contribution in [0.15, 0.2) is 57.7 Å². The van der Waals surface area contributed by atoms with Crippen molar-refractivity contribution in [2.24, 2.45) is 10.2 Å². The van der Waals surface area contributed by atoms with E-state index in [-0.39, 0.29) is 11.2 Å². The van der Waals surface area contributed by atoms with Crippen LogP contribution in [0, 0.1) is 0 Å². The summed E-state index contributed by atoms with van der Waals surface area (Å²) in [5.41, 5.74) is 1.56. The number of halogens is 2. The highest BCUT2D eigenvalue weighted by Gasteiger charge is 2.11. The molecule has 22 heavy (non-hydrogen) atoms. The lowest BCUT2D eigenvalue weighted by atomic mass is 10.2. The van der Waals surface area contributed by atoms with Crippen molar-refractivity contribution >= 4 is 34.6 Å². The summed E-state index contributed by atoms with van der Waals surface area (Å²) in [5.74, 6) is 0. The van der Waals surface area contributed by atoms with Crippen molar-refractivity contribution in [2.75, 3.05) is 0 Å². The molecule has 0 amide bonds. The van der Waals surface area contributed by atoms with Gasteiger partial charge < -0.3 is 0 Å². The molecular formula is C14H9Cl2N5O. The number of hydrogen-bond donors (Lipinski definition) is 2. The van der Waals surface area contributed by atoms with Crippen LogP contribution >= 0.6 is 23.2 Å². The van der Waals surface area contributed by atoms with Crippen LogP contribution in [-0.4, -0.2) is 15.2 Å². The average Bonchev–Trinajstić information content (AvgIpc) is 2.86. The van der Waals surface area contributed by atoms with Gasteiger partial charge in [0.2, 0.25) is 0 Å². The van der Waals surface area contributed by atoms with Crippen LogP contribution in [0.2, 0.25) is 10.0 Å². The second-order valence-corrected chi connectivity index (χ2v) is 5.24. The van der Waals surface area contributed by atoms with Crippen molar-refractivity contribution in [2.45, 2.75) is 0 Å². The normalized spacial score (nSPS) is 11.2. The first kappa shape index (κ1) is 14.5. The van der Waals surface area contributed by atoms with Crippen LogP contribution in [0.4, 0.5) is 11.4 Å². The Kier molecular flexibility index (Phi) is 4.04. The standard InChI is InChI=1S/C14H9Cl2N5O/c15-9-5-10(16)7-11(6-9)18-20-13-12(19-21-14(13)22)8-1-3-17-4-2-8/h1-7H,(H2,19,21,22). The molecule has 2 N–H and O–H groups in total. The van der Waals surface area contributed by atoms with Crippen LogP contribution in [-0.2, 0) is 0 Å². The van der Waals surface area contributed by atoms with Crippen molar-refractivity contribution in [1.82, 2.24) is 15.2 Å². The monoisotopic (exact) mass is 333 g/mol. The van der Waals surface area contributed by atoms with E-state index in [2.05, 4.69) is 25.4 Å². The Labute approximate surface area is 134 Å². The van der Waals surface area contributed by atoms with Crippen LogP contribution in [0.1, 0.15) is 0 Å². The van der Waals surface area contributed by atoms with Crippen LogP contribution in [0.25, 0.3) is 11.3 Å². The van der Waals surface area contributed by atoms with Gasteiger partial charge in [-0.05, 0) is 30.3 Å². The van der Waals surface area contributed by atoms with Gasteiger partial charge in [0.15, 0.2) is 5.69 Å². The molecule has 3 rings (SSSR count). The Balaban J connectivity index is 2.01. The average molecular weight is 334 g/mol. The van der Waals surface area contributed by atoms with Gasteiger partial charge in [0, 0.05) is 28.0 Å². The summed E-state index contributed by atoms with van der Waals surface area (Å²) in [5, 5.41) is 14.2. The number of H-pyrrole nitrogens is 2. The fourth-order valence-corrected chi connectivity index (χ4v) is 2.39. The number of rotatable bonds is 3. The van der Waals surface area contributed by atoms with Gasteiger partial charge in [-0.1, -0.05) is 23.2 Å². The molecule has 8 heteroatoms. The Morgan fingerprint density at radius 3 is 2.32 bits per heavy atom. The summed E-state index contributed by atoms with van der Waals surface area (Å²) < 4.78 is 0. The molecule has 0 atom stereocenters. The summed E-state index contributed by atoms with van der Waals surface area (Å²) in [6, 6.07) is 8.31. The lowest BCUT2D eigenvalue weighted by Gasteiger charge is -1.98. The predicted octanol–water partition coefficient (Wildman–Crippen LogP) is 4.49. The number of azo groups is 1. The molecule has 0 aliphatic carbocycles. The molecule has 0 spiro atoms. The number of nitrogens with one attached hydrogen (secondary N) is 2. The van der Waals surface area contributed by atoms with Crippen molar-refractivity contribution in [1.29, 1.82) is 0 Å². The zero-order valence-corrected chi connectivity index (χ0v) is 12.6. The Hall–Kier alpha value is -2.44. The quantitative estimate of drug-likeness (QED) is 0.692. The van der Waals surface area contributed by atoms with Crippen LogP contribution in [0.5, 0.6) is 0 Å². The summed E-state index contributed by atoms with van der Waals surface area (Å²) in [4.78, 5) is 15.8. The predicted molar refractivity (Wildman–Crippen MR) is 85.3 cm³/mol. The van der Waals surface area contributed by atoms with E-state index in [9.17, 15) is 4.79 Å². The molecule has 0 unspecified atom stereocenters. The molecular weight excluding hydrogens is 325 g/mol. The number of hydrogen-bond acceptors (Lipinski definition) is 4. The molecule has 0 aliphatic heterocycles. The highest BCUT2D eigenvalue weighted by molar-refractivity contribution is 6.35. The first-order valence-corrected chi connectivity index (χ1v) is 6.98. The van der Waals surface area contributed by atoms with Gasteiger partial charge in [-0.25, -0.2) is 0 Å². The molecule has 6 nitrogen and oxygen atoms in total. The molecule has 0 fully saturated rings. The second kappa shape index (κ2) is 6.13. The fourth-order valence-electron chi connectivity index (χ4n) is 1.88. The van der Waals surface area contributed by atoms with E-state index in [1.165, 1.54) is 0 Å². The van der Waals surface area contributed by atoms with E-state index >= 15 is 0 Å². The third kappa shape index (κ3) is 3.08. The zero-order chi connectivity index (χ0) is 15.5. The maximum absolute atomic E-state index is 11.9. The van der Waals surface area contributed by atoms with Gasteiger partial charge in [0.25, 0.3) is 5.56 Å². The Morgan fingerprint density at radius 1 is 0.955 bits per heavy atom. The number of nitrogens with zero attached hydrogens (tertiary/aromatic N) is 3. The molecule has 1 aromatic carbocycles. The van der Waals surface area contributed by atoms with Gasteiger partial charge in [-0.15, -0.1) is 5.11 Å². The molecule has 2 heterocycles. The topological polar surface area (TPSA) is 86.3 Å². The smallest absolute Gasteiger partial charge is 0.292 e. The van der Waals surface area contributed by atoms with Crippen LogP contribution in [0.3, 0.4) is 0 Å². The van der Waals surface area contributed by atoms with Crippen molar-refractivity contribution < 1.29 is 0 Å². The lowest BCUT2D eigenvalue weighted by Crippen LogP contribution is -1.96. The van der Waals surface area contributed by atoms with Crippen molar-refractivity contribution in [3.63, 3.8) is 0 Å². The fraction of sp³-hybridized carbons (Fsp3) is 0. The van der Waals surface area contributed by atoms with Gasteiger partial charge in [-0.2, -0.15) is 5.11 Å². The molecule has 0 aliphatic rings. The lowest BCUT2D eigenvalue weighted by molar-refractivity contribution is 1.06. The van der Waals surface area contributed by atoms with Gasteiger partial charge >= 0.3 is 0 Å². The number of aromatic nitrogens is 3. The SMILES string of the molecule is O=c1[nH][nH]c(-c2ccncc2)c1N=Nc1cc(Cl)cc(Cl)c1. The second-order valence-electron chi connectivity index (χ2n) is 4.37. The number of aromatic amines is 2. The third-order valence-corrected chi connectivity index (χ3v) is 3.27. The highest BCUT2D eigenvalue weighted by Crippen LogP contribution is 2.28. The van der Waals surface area contributed by atoms with E-state index in [0.29, 0.717) is 21.4 Å². The van der Waals surface area contributed by atoms with E-state index < -0.39 is 0 Å². The van der Waals surface area contributed by atoms with Gasteiger partial charge in [0.1, 0.15) is 0 Å². The largest absolute Gasteiger partial charge is 0.295 e. The van der Waals surface area contributed by atoms with E-state index in [1.807, 2.05) is 0 Å². The molecule has 3 aromatic rings. The summed E-state index contributed by atoms with van der Waals surface area (Å²) in [6.07, 6.45) is 3.25. The summed E-state index contributed by atoms with van der Waals surface area (Å²) in [6.45, 7) is 0. The molecule has 0 saturated heterocycles. The highest BCUT2D eigenvalue weighted by atomic mass is 35.5. The Morgan fingerprint density at radius 2 is 1.64 bits per heavy atom. The van der Waals surface area contributed by atoms with E-state index in [0.717, 1.165) is 5.56 Å². The maximum atomic E-state index is 11.9. The minimum Gasteiger partial charge on any atom is -0.295 e. The zero-order valence-electron chi connectivity index (χ0n) is 11.0. The van der Waals surface area contributed by atoms with E-state index in [1.54, 1.807) is 42.7 Å². The van der Waals surface area contributed by atoms with Crippen LogP contribution < -0.4 is 5.56 Å². The van der Waals surface area contributed by atoms with Gasteiger partial charge in [0.05, 0.1) is 11.4 Å². The molecule has 2 aromatic heterocycles. The molecule has 110 valence electrons. The maximum Gasteiger partial charge on any atom is 0.292 e. The number of benzene rings is 1. The molecule has 0 bridgehead atoms.